The van der Waals surface area contributed by atoms with E-state index in [9.17, 15) is 13.2 Å². The van der Waals surface area contributed by atoms with Crippen molar-refractivity contribution in [3.05, 3.63) is 35.9 Å². The van der Waals surface area contributed by atoms with Crippen molar-refractivity contribution < 1.29 is 17.4 Å². The van der Waals surface area contributed by atoms with E-state index in [0.29, 0.717) is 19.5 Å². The molecule has 1 aromatic rings. The van der Waals surface area contributed by atoms with Crippen molar-refractivity contribution in [2.24, 2.45) is 5.92 Å². The summed E-state index contributed by atoms with van der Waals surface area (Å²) >= 11 is 0. The highest BCUT2D eigenvalue weighted by molar-refractivity contribution is 7.85. The van der Waals surface area contributed by atoms with Gasteiger partial charge in [0.25, 0.3) is 10.1 Å². The maximum absolute atomic E-state index is 11.8. The molecule has 19 heavy (non-hydrogen) atoms. The second-order valence-electron chi connectivity index (χ2n) is 4.82. The Labute approximate surface area is 113 Å². The van der Waals surface area contributed by atoms with E-state index in [0.717, 1.165) is 11.8 Å². The third kappa shape index (κ3) is 4.33. The number of benzene rings is 1. The second kappa shape index (κ2) is 5.71. The minimum atomic E-state index is -3.44. The average Bonchev–Trinajstić information content (AvgIpc) is 2.68. The number of amides is 1. The lowest BCUT2D eigenvalue weighted by Crippen LogP contribution is -2.25. The summed E-state index contributed by atoms with van der Waals surface area (Å²) < 4.78 is 26.6. The molecule has 2 rings (SSSR count). The quantitative estimate of drug-likeness (QED) is 0.757. The Balaban J connectivity index is 1.89. The van der Waals surface area contributed by atoms with E-state index in [1.807, 2.05) is 30.3 Å². The fraction of sp³-hybridized carbons (Fsp3) is 0.462. The third-order valence-electron chi connectivity index (χ3n) is 3.03. The first kappa shape index (κ1) is 14.0. The molecule has 0 N–H and O–H groups in total. The van der Waals surface area contributed by atoms with Crippen LogP contribution in [-0.4, -0.2) is 38.6 Å². The summed E-state index contributed by atoms with van der Waals surface area (Å²) in [5.41, 5.74) is 1.07. The number of rotatable bonds is 5. The highest BCUT2D eigenvalue weighted by Gasteiger charge is 2.30. The predicted octanol–water partition coefficient (Wildman–Crippen LogP) is 1.01. The van der Waals surface area contributed by atoms with Gasteiger partial charge in [-0.05, 0) is 5.56 Å². The first-order chi connectivity index (χ1) is 8.94. The normalized spacial score (nSPS) is 19.9. The van der Waals surface area contributed by atoms with Crippen molar-refractivity contribution in [1.82, 2.24) is 4.90 Å². The van der Waals surface area contributed by atoms with Crippen molar-refractivity contribution in [1.29, 1.82) is 0 Å². The van der Waals surface area contributed by atoms with Crippen molar-refractivity contribution in [3.63, 3.8) is 0 Å². The van der Waals surface area contributed by atoms with Crippen LogP contribution < -0.4 is 0 Å². The van der Waals surface area contributed by atoms with Gasteiger partial charge in [0, 0.05) is 25.4 Å². The van der Waals surface area contributed by atoms with Gasteiger partial charge in [0.15, 0.2) is 0 Å². The zero-order chi connectivity index (χ0) is 13.9. The molecule has 5 nitrogen and oxygen atoms in total. The van der Waals surface area contributed by atoms with Crippen LogP contribution in [0.3, 0.4) is 0 Å². The number of hydrogen-bond acceptors (Lipinski definition) is 4. The van der Waals surface area contributed by atoms with Crippen LogP contribution in [0.4, 0.5) is 0 Å². The first-order valence-corrected chi connectivity index (χ1v) is 7.92. The van der Waals surface area contributed by atoms with Crippen molar-refractivity contribution >= 4 is 16.0 Å². The minimum absolute atomic E-state index is 0.0472. The predicted molar refractivity (Wildman–Crippen MR) is 70.8 cm³/mol. The van der Waals surface area contributed by atoms with Gasteiger partial charge in [0.2, 0.25) is 5.91 Å². The van der Waals surface area contributed by atoms with Gasteiger partial charge in [-0.15, -0.1) is 0 Å². The van der Waals surface area contributed by atoms with Gasteiger partial charge in [0.1, 0.15) is 0 Å². The summed E-state index contributed by atoms with van der Waals surface area (Å²) in [6.45, 7) is 1.19. The molecule has 1 aliphatic rings. The number of carbonyl (C=O) groups is 1. The number of nitrogens with zero attached hydrogens (tertiary/aromatic N) is 1. The molecular weight excluding hydrogens is 266 g/mol. The minimum Gasteiger partial charge on any atom is -0.338 e. The Morgan fingerprint density at radius 2 is 2.00 bits per heavy atom. The molecule has 1 aromatic carbocycles. The molecule has 1 aliphatic heterocycles. The van der Waals surface area contributed by atoms with E-state index in [1.165, 1.54) is 0 Å². The molecule has 104 valence electrons. The largest absolute Gasteiger partial charge is 0.338 e. The Bertz CT molecular complexity index is 541. The zero-order valence-corrected chi connectivity index (χ0v) is 11.6. The topological polar surface area (TPSA) is 63.7 Å². The molecule has 0 aromatic heterocycles. The van der Waals surface area contributed by atoms with E-state index in [2.05, 4.69) is 0 Å². The smallest absolute Gasteiger partial charge is 0.264 e. The van der Waals surface area contributed by atoms with Gasteiger partial charge in [-0.25, -0.2) is 0 Å². The maximum atomic E-state index is 11.8. The monoisotopic (exact) mass is 283 g/mol. The Morgan fingerprint density at radius 1 is 1.32 bits per heavy atom. The Kier molecular flexibility index (Phi) is 4.21. The lowest BCUT2D eigenvalue weighted by molar-refractivity contribution is -0.128. The van der Waals surface area contributed by atoms with Crippen LogP contribution >= 0.6 is 0 Å². The van der Waals surface area contributed by atoms with Gasteiger partial charge in [-0.3, -0.25) is 8.98 Å². The molecule has 0 aliphatic carbocycles. The fourth-order valence-corrected chi connectivity index (χ4v) is 2.58. The highest BCUT2D eigenvalue weighted by atomic mass is 32.2. The number of carbonyl (C=O) groups excluding carboxylic acids is 1. The number of hydrogen-bond donors (Lipinski definition) is 0. The van der Waals surface area contributed by atoms with Crippen LogP contribution in [0.1, 0.15) is 12.0 Å². The van der Waals surface area contributed by atoms with Crippen LogP contribution in [0.2, 0.25) is 0 Å². The molecule has 0 saturated carbocycles. The lowest BCUT2D eigenvalue weighted by Gasteiger charge is -2.16. The molecule has 1 atom stereocenters. The van der Waals surface area contributed by atoms with Crippen LogP contribution in [0.5, 0.6) is 0 Å². The molecular formula is C13H17NO4S. The van der Waals surface area contributed by atoms with Crippen molar-refractivity contribution in [3.8, 4) is 0 Å². The summed E-state index contributed by atoms with van der Waals surface area (Å²) in [5.74, 6) is -0.00288. The molecule has 1 saturated heterocycles. The van der Waals surface area contributed by atoms with E-state index in [4.69, 9.17) is 4.18 Å². The average molecular weight is 283 g/mol. The lowest BCUT2D eigenvalue weighted by atomic mass is 10.1. The summed E-state index contributed by atoms with van der Waals surface area (Å²) in [7, 11) is -3.44. The molecule has 6 heteroatoms. The fourth-order valence-electron chi connectivity index (χ4n) is 2.14. The molecule has 1 fully saturated rings. The Hall–Kier alpha value is -1.40. The second-order valence-corrected chi connectivity index (χ2v) is 6.46. The zero-order valence-electron chi connectivity index (χ0n) is 10.8. The molecule has 0 spiro atoms. The van der Waals surface area contributed by atoms with E-state index in [1.54, 1.807) is 4.90 Å². The molecule has 0 radical (unpaired) electrons. The van der Waals surface area contributed by atoms with Gasteiger partial charge < -0.3 is 4.90 Å². The maximum Gasteiger partial charge on any atom is 0.264 e. The molecule has 1 heterocycles. The summed E-state index contributed by atoms with van der Waals surface area (Å²) in [4.78, 5) is 13.6. The van der Waals surface area contributed by atoms with Gasteiger partial charge in [0.05, 0.1) is 12.9 Å². The molecule has 0 bridgehead atoms. The Morgan fingerprint density at radius 3 is 2.63 bits per heavy atom. The van der Waals surface area contributed by atoms with Crippen molar-refractivity contribution in [2.75, 3.05) is 19.4 Å². The molecule has 1 unspecified atom stereocenters. The van der Waals surface area contributed by atoms with Crippen LogP contribution in [-0.2, 0) is 25.6 Å². The SMILES string of the molecule is CS(=O)(=O)OCC1CC(=O)N(Cc2ccccc2)C1. The van der Waals surface area contributed by atoms with E-state index >= 15 is 0 Å². The van der Waals surface area contributed by atoms with Crippen molar-refractivity contribution in [2.45, 2.75) is 13.0 Å². The highest BCUT2D eigenvalue weighted by Crippen LogP contribution is 2.20. The summed E-state index contributed by atoms with van der Waals surface area (Å²) in [6, 6.07) is 9.72. The van der Waals surface area contributed by atoms with Gasteiger partial charge in [-0.2, -0.15) is 8.42 Å². The first-order valence-electron chi connectivity index (χ1n) is 6.10. The number of likely N-dealkylation sites (tertiary alicyclic amines) is 1. The summed E-state index contributed by atoms with van der Waals surface area (Å²) in [6.07, 6.45) is 1.37. The van der Waals surface area contributed by atoms with Gasteiger partial charge >= 0.3 is 0 Å². The van der Waals surface area contributed by atoms with E-state index < -0.39 is 10.1 Å². The third-order valence-corrected chi connectivity index (χ3v) is 3.59. The van der Waals surface area contributed by atoms with E-state index in [-0.39, 0.29) is 18.4 Å². The van der Waals surface area contributed by atoms with Gasteiger partial charge in [-0.1, -0.05) is 30.3 Å². The van der Waals surface area contributed by atoms with Crippen LogP contribution in [0.25, 0.3) is 0 Å². The molecule has 1 amide bonds. The van der Waals surface area contributed by atoms with Crippen LogP contribution in [0.15, 0.2) is 30.3 Å². The summed E-state index contributed by atoms with van der Waals surface area (Å²) in [5, 5.41) is 0. The van der Waals surface area contributed by atoms with Crippen LogP contribution in [0, 0.1) is 5.92 Å². The standard InChI is InChI=1S/C13H17NO4S/c1-19(16,17)18-10-12-7-13(15)14(9-12)8-11-5-3-2-4-6-11/h2-6,12H,7-10H2,1H3.